The summed E-state index contributed by atoms with van der Waals surface area (Å²) in [6.07, 6.45) is 3.99. The van der Waals surface area contributed by atoms with Gasteiger partial charge in [-0.25, -0.2) is 0 Å². The highest BCUT2D eigenvalue weighted by molar-refractivity contribution is 6.12. The summed E-state index contributed by atoms with van der Waals surface area (Å²) in [6.45, 7) is 0. The summed E-state index contributed by atoms with van der Waals surface area (Å²) < 4.78 is 13.9. The molecule has 0 atom stereocenters. The Morgan fingerprint density at radius 1 is 0.362 bits per heavy atom. The fourth-order valence-corrected chi connectivity index (χ4v) is 11.8. The lowest BCUT2D eigenvalue weighted by Crippen LogP contribution is -2.32. The molecule has 8 nitrogen and oxygen atoms in total. The lowest BCUT2D eigenvalue weighted by atomic mass is 9.66. The molecule has 1 aliphatic carbocycles. The van der Waals surface area contributed by atoms with Gasteiger partial charge in [-0.05, 0) is 97.1 Å². The number of aromatic nitrogens is 5. The van der Waals surface area contributed by atoms with Crippen LogP contribution in [0.1, 0.15) is 33.4 Å². The first kappa shape index (κ1) is 37.5. The third-order valence-electron chi connectivity index (χ3n) is 14.6. The minimum Gasteiger partial charge on any atom is -0.457 e. The third-order valence-corrected chi connectivity index (χ3v) is 14.6. The molecule has 0 radical (unpaired) electrons. The van der Waals surface area contributed by atoms with Gasteiger partial charge in [0.2, 0.25) is 0 Å². The van der Waals surface area contributed by atoms with Crippen LogP contribution in [0.5, 0.6) is 11.5 Å². The Morgan fingerprint density at radius 2 is 0.768 bits per heavy atom. The van der Waals surface area contributed by atoms with Crippen molar-refractivity contribution in [3.8, 4) is 52.1 Å². The van der Waals surface area contributed by atoms with Crippen LogP contribution in [-0.2, 0) is 5.41 Å². The molecule has 0 saturated heterocycles. The molecular weight excluding hydrogens is 847 g/mol. The fourth-order valence-electron chi connectivity index (χ4n) is 11.8. The zero-order chi connectivity index (χ0) is 45.5. The Morgan fingerprint density at radius 3 is 1.26 bits per heavy atom. The van der Waals surface area contributed by atoms with Gasteiger partial charge in [0, 0.05) is 60.3 Å². The SMILES string of the molecule is N#Cc1ccc2c(c1)c1cc(C#N)ccc1n2-c1ccc2c(c1)C1(c3ccccc3O2)c2cc(-n3c4ccccc4c4ccccc43)cnc2-c2ncc(-n3c4ccccc4c4ccccc43)cc21. The topological polar surface area (TPSA) is 97.4 Å². The molecule has 318 valence electrons. The zero-order valence-electron chi connectivity index (χ0n) is 36.6. The summed E-state index contributed by atoms with van der Waals surface area (Å²) in [7, 11) is 0. The monoisotopic (exact) mass is 879 g/mol. The largest absolute Gasteiger partial charge is 0.457 e. The molecule has 69 heavy (non-hydrogen) atoms. The van der Waals surface area contributed by atoms with Crippen LogP contribution in [0, 0.1) is 22.7 Å². The van der Waals surface area contributed by atoms with Crippen LogP contribution in [0.4, 0.5) is 0 Å². The average Bonchev–Trinajstić information content (AvgIpc) is 4.12. The van der Waals surface area contributed by atoms with E-state index in [0.717, 1.165) is 106 Å². The van der Waals surface area contributed by atoms with E-state index in [9.17, 15) is 10.5 Å². The molecule has 0 fully saturated rings. The summed E-state index contributed by atoms with van der Waals surface area (Å²) in [6, 6.07) is 70.0. The van der Waals surface area contributed by atoms with Crippen molar-refractivity contribution in [1.82, 2.24) is 23.7 Å². The minimum atomic E-state index is -0.977. The first-order chi connectivity index (χ1) is 34.1. The highest BCUT2D eigenvalue weighted by Gasteiger charge is 2.53. The Kier molecular flexibility index (Phi) is 7.41. The second-order valence-corrected chi connectivity index (χ2v) is 18.0. The molecule has 5 aromatic heterocycles. The van der Waals surface area contributed by atoms with Crippen molar-refractivity contribution in [2.45, 2.75) is 5.41 Å². The van der Waals surface area contributed by atoms with E-state index in [2.05, 4.69) is 171 Å². The van der Waals surface area contributed by atoms with Crippen LogP contribution >= 0.6 is 0 Å². The smallest absolute Gasteiger partial charge is 0.132 e. The van der Waals surface area contributed by atoms with E-state index in [4.69, 9.17) is 14.7 Å². The van der Waals surface area contributed by atoms with Crippen LogP contribution in [-0.4, -0.2) is 23.7 Å². The second kappa shape index (κ2) is 13.6. The molecule has 0 N–H and O–H groups in total. The van der Waals surface area contributed by atoms with Crippen molar-refractivity contribution in [2.75, 3.05) is 0 Å². The number of ether oxygens (including phenoxy) is 1. The highest BCUT2D eigenvalue weighted by Crippen LogP contribution is 2.62. The number of nitriles is 2. The molecule has 6 heterocycles. The van der Waals surface area contributed by atoms with Crippen LogP contribution in [0.15, 0.2) is 200 Å². The molecule has 8 aromatic carbocycles. The normalized spacial score (nSPS) is 13.1. The molecule has 0 saturated carbocycles. The predicted molar refractivity (Wildman–Crippen MR) is 272 cm³/mol. The number of nitrogens with zero attached hydrogens (tertiary/aromatic N) is 7. The molecule has 0 bridgehead atoms. The molecule has 2 aliphatic rings. The van der Waals surface area contributed by atoms with Crippen LogP contribution < -0.4 is 4.74 Å². The van der Waals surface area contributed by atoms with Crippen LogP contribution in [0.2, 0.25) is 0 Å². The van der Waals surface area contributed by atoms with Crippen molar-refractivity contribution in [3.05, 3.63) is 234 Å². The van der Waals surface area contributed by atoms with E-state index in [1.807, 2.05) is 54.9 Å². The maximum atomic E-state index is 10.0. The van der Waals surface area contributed by atoms with Crippen molar-refractivity contribution in [1.29, 1.82) is 10.5 Å². The average molecular weight is 880 g/mol. The number of benzene rings is 8. The van der Waals surface area contributed by atoms with E-state index >= 15 is 0 Å². The van der Waals surface area contributed by atoms with Gasteiger partial charge in [-0.3, -0.25) is 9.97 Å². The number of pyridine rings is 2. The molecule has 0 unspecified atom stereocenters. The van der Waals surface area contributed by atoms with Gasteiger partial charge in [0.05, 0.1) is 96.9 Å². The van der Waals surface area contributed by atoms with Crippen molar-refractivity contribution in [2.24, 2.45) is 0 Å². The summed E-state index contributed by atoms with van der Waals surface area (Å²) >= 11 is 0. The Balaban J connectivity index is 1.07. The van der Waals surface area contributed by atoms with Gasteiger partial charge >= 0.3 is 0 Å². The first-order valence-electron chi connectivity index (χ1n) is 22.9. The van der Waals surface area contributed by atoms with Gasteiger partial charge in [0.15, 0.2) is 0 Å². The van der Waals surface area contributed by atoms with Crippen molar-refractivity contribution in [3.63, 3.8) is 0 Å². The Hall–Kier alpha value is -9.76. The standard InChI is InChI=1S/C61H33N7O/c62-32-36-21-24-55-45(27-36)46-28-37(33-63)22-25-56(46)66(55)38-23-26-58-48(29-38)61(47-15-5-10-20-57(47)69-58)49-30-39(67-51-16-6-1-11-41(51)42-12-2-7-17-52(42)67)34-64-59(49)60-50(61)31-40(35-65-60)68-53-18-8-3-13-43(53)44-14-4-9-19-54(44)68/h1-31,34-35H. The number of hydrogen-bond donors (Lipinski definition) is 0. The predicted octanol–water partition coefficient (Wildman–Crippen LogP) is 14.0. The maximum Gasteiger partial charge on any atom is 0.132 e. The lowest BCUT2D eigenvalue weighted by molar-refractivity contribution is 0.436. The van der Waals surface area contributed by atoms with Crippen molar-refractivity contribution < 1.29 is 4.74 Å². The van der Waals surface area contributed by atoms with Gasteiger partial charge in [0.25, 0.3) is 0 Å². The second-order valence-electron chi connectivity index (χ2n) is 18.0. The number of hydrogen-bond acceptors (Lipinski definition) is 5. The van der Waals surface area contributed by atoms with E-state index in [0.29, 0.717) is 11.1 Å². The summed E-state index contributed by atoms with van der Waals surface area (Å²) in [5.74, 6) is 1.48. The summed E-state index contributed by atoms with van der Waals surface area (Å²) in [5.41, 5.74) is 14.7. The van der Waals surface area contributed by atoms with Gasteiger partial charge in [-0.1, -0.05) is 91.0 Å². The first-order valence-corrected chi connectivity index (χ1v) is 22.9. The third kappa shape index (κ3) is 4.88. The zero-order valence-corrected chi connectivity index (χ0v) is 36.6. The molecule has 13 aromatic rings. The van der Waals surface area contributed by atoms with Crippen LogP contribution in [0.25, 0.3) is 93.9 Å². The Labute approximate surface area is 394 Å². The highest BCUT2D eigenvalue weighted by atomic mass is 16.5. The van der Waals surface area contributed by atoms with E-state index < -0.39 is 5.41 Å². The van der Waals surface area contributed by atoms with Gasteiger partial charge in [-0.15, -0.1) is 0 Å². The van der Waals surface area contributed by atoms with E-state index in [-0.39, 0.29) is 0 Å². The molecule has 8 heteroatoms. The summed E-state index contributed by atoms with van der Waals surface area (Å²) in [5, 5.41) is 26.5. The Bertz CT molecular complexity index is 4180. The van der Waals surface area contributed by atoms with Gasteiger partial charge in [-0.2, -0.15) is 10.5 Å². The lowest BCUT2D eigenvalue weighted by Gasteiger charge is -2.39. The quantitative estimate of drug-likeness (QED) is 0.176. The van der Waals surface area contributed by atoms with E-state index in [1.165, 1.54) is 21.5 Å². The fraction of sp³-hybridized carbons (Fsp3) is 0.0164. The summed E-state index contributed by atoms with van der Waals surface area (Å²) in [4.78, 5) is 10.9. The van der Waals surface area contributed by atoms with E-state index in [1.54, 1.807) is 0 Å². The maximum absolute atomic E-state index is 10.0. The van der Waals surface area contributed by atoms with Gasteiger partial charge < -0.3 is 18.4 Å². The van der Waals surface area contributed by atoms with Crippen molar-refractivity contribution >= 4 is 65.4 Å². The molecule has 1 spiro atoms. The number of fused-ring (bicyclic) bond motifs is 18. The number of rotatable bonds is 3. The van der Waals surface area contributed by atoms with Gasteiger partial charge in [0.1, 0.15) is 11.5 Å². The molecule has 1 aliphatic heterocycles. The van der Waals surface area contributed by atoms with Crippen LogP contribution in [0.3, 0.4) is 0 Å². The minimum absolute atomic E-state index is 0.551. The molecular formula is C61H33N7O. The molecule has 15 rings (SSSR count). The number of para-hydroxylation sites is 5. The molecule has 0 amide bonds.